The predicted octanol–water partition coefficient (Wildman–Crippen LogP) is 0.485. The molecule has 0 saturated carbocycles. The van der Waals surface area contributed by atoms with Gasteiger partial charge in [0.1, 0.15) is 5.82 Å². The van der Waals surface area contributed by atoms with Crippen LogP contribution in [0.15, 0.2) is 29.1 Å². The zero-order valence-electron chi connectivity index (χ0n) is 8.66. The highest BCUT2D eigenvalue weighted by atomic mass is 16.1. The third-order valence-electron chi connectivity index (χ3n) is 2.93. The minimum atomic E-state index is -0.254. The topological polar surface area (TPSA) is 73.6 Å². The normalized spacial score (nSPS) is 19.4. The molecule has 1 aromatic heterocycles. The third-order valence-corrected chi connectivity index (χ3v) is 2.93. The Morgan fingerprint density at radius 3 is 2.81 bits per heavy atom. The molecule has 82 valence electrons. The second-order valence-corrected chi connectivity index (χ2v) is 3.97. The number of aromatic amines is 2. The van der Waals surface area contributed by atoms with Gasteiger partial charge in [-0.25, -0.2) is 9.89 Å². The summed E-state index contributed by atoms with van der Waals surface area (Å²) >= 11 is 0. The molecule has 0 aliphatic carbocycles. The lowest BCUT2D eigenvalue weighted by molar-refractivity contribution is 0.477. The van der Waals surface area contributed by atoms with E-state index in [1.807, 2.05) is 12.1 Å². The zero-order chi connectivity index (χ0) is 11.0. The first-order valence-corrected chi connectivity index (χ1v) is 5.27. The molecule has 1 aliphatic heterocycles. The van der Waals surface area contributed by atoms with Crippen molar-refractivity contribution in [2.75, 3.05) is 0 Å². The van der Waals surface area contributed by atoms with Crippen LogP contribution in [-0.2, 0) is 13.0 Å². The summed E-state index contributed by atoms with van der Waals surface area (Å²) in [5.41, 5.74) is 2.38. The number of nitrogens with one attached hydrogen (secondary N) is 3. The van der Waals surface area contributed by atoms with Gasteiger partial charge in [-0.15, -0.1) is 0 Å². The van der Waals surface area contributed by atoms with Gasteiger partial charge in [0.25, 0.3) is 0 Å². The van der Waals surface area contributed by atoms with Gasteiger partial charge in [0, 0.05) is 6.54 Å². The predicted molar refractivity (Wildman–Crippen MR) is 58.9 cm³/mol. The Kier molecular flexibility index (Phi) is 2.11. The second-order valence-electron chi connectivity index (χ2n) is 3.97. The van der Waals surface area contributed by atoms with Crippen LogP contribution < -0.4 is 11.0 Å². The van der Waals surface area contributed by atoms with Gasteiger partial charge in [-0.2, -0.15) is 5.10 Å². The SMILES string of the molecule is O=c1[nH]nc([C@@H]2Cc3ccccc3CN2)[nH]1. The van der Waals surface area contributed by atoms with Crippen molar-refractivity contribution in [3.05, 3.63) is 51.7 Å². The van der Waals surface area contributed by atoms with E-state index in [0.717, 1.165) is 13.0 Å². The molecule has 0 fully saturated rings. The fraction of sp³-hybridized carbons (Fsp3) is 0.273. The Hall–Kier alpha value is -1.88. The molecule has 0 saturated heterocycles. The molecule has 2 aromatic rings. The summed E-state index contributed by atoms with van der Waals surface area (Å²) in [7, 11) is 0. The van der Waals surface area contributed by atoms with E-state index < -0.39 is 0 Å². The van der Waals surface area contributed by atoms with Crippen LogP contribution in [-0.4, -0.2) is 15.2 Å². The number of hydrogen-bond donors (Lipinski definition) is 3. The Balaban J connectivity index is 1.90. The molecule has 5 heteroatoms. The molecule has 0 unspecified atom stereocenters. The van der Waals surface area contributed by atoms with Crippen LogP contribution in [0.1, 0.15) is 23.0 Å². The number of H-pyrrole nitrogens is 2. The van der Waals surface area contributed by atoms with E-state index >= 15 is 0 Å². The minimum absolute atomic E-state index is 0.0915. The Labute approximate surface area is 91.9 Å². The van der Waals surface area contributed by atoms with Crippen molar-refractivity contribution in [1.29, 1.82) is 0 Å². The number of rotatable bonds is 1. The van der Waals surface area contributed by atoms with Crippen molar-refractivity contribution in [2.45, 2.75) is 19.0 Å². The van der Waals surface area contributed by atoms with Crippen molar-refractivity contribution in [2.24, 2.45) is 0 Å². The lowest BCUT2D eigenvalue weighted by Gasteiger charge is -2.24. The highest BCUT2D eigenvalue weighted by Crippen LogP contribution is 2.22. The summed E-state index contributed by atoms with van der Waals surface area (Å²) in [6.45, 7) is 0.815. The second kappa shape index (κ2) is 3.61. The number of aromatic nitrogens is 3. The van der Waals surface area contributed by atoms with E-state index in [0.29, 0.717) is 5.82 Å². The fourth-order valence-electron chi connectivity index (χ4n) is 2.10. The number of nitrogens with zero attached hydrogens (tertiary/aromatic N) is 1. The number of hydrogen-bond acceptors (Lipinski definition) is 3. The molecule has 1 aromatic carbocycles. The summed E-state index contributed by atoms with van der Waals surface area (Å²) in [5.74, 6) is 0.680. The highest BCUT2D eigenvalue weighted by molar-refractivity contribution is 5.30. The van der Waals surface area contributed by atoms with Crippen LogP contribution in [0.25, 0.3) is 0 Å². The average Bonchev–Trinajstić information content (AvgIpc) is 2.75. The molecule has 2 heterocycles. The Morgan fingerprint density at radius 2 is 2.06 bits per heavy atom. The van der Waals surface area contributed by atoms with Crippen LogP contribution in [0.3, 0.4) is 0 Å². The number of benzene rings is 1. The molecule has 1 atom stereocenters. The van der Waals surface area contributed by atoms with Crippen LogP contribution >= 0.6 is 0 Å². The first-order chi connectivity index (χ1) is 7.83. The summed E-state index contributed by atoms with van der Waals surface area (Å²) in [5, 5.41) is 9.70. The van der Waals surface area contributed by atoms with Crippen LogP contribution in [0.4, 0.5) is 0 Å². The molecule has 1 aliphatic rings. The molecule has 5 nitrogen and oxygen atoms in total. The van der Waals surface area contributed by atoms with Crippen molar-refractivity contribution >= 4 is 0 Å². The maximum Gasteiger partial charge on any atom is 0.340 e. The molecule has 3 N–H and O–H groups in total. The van der Waals surface area contributed by atoms with Crippen molar-refractivity contribution in [3.63, 3.8) is 0 Å². The van der Waals surface area contributed by atoms with E-state index in [-0.39, 0.29) is 11.7 Å². The summed E-state index contributed by atoms with van der Waals surface area (Å²) in [6.07, 6.45) is 0.858. The first-order valence-electron chi connectivity index (χ1n) is 5.27. The molecule has 0 bridgehead atoms. The largest absolute Gasteiger partial charge is 0.340 e. The van der Waals surface area contributed by atoms with Gasteiger partial charge in [-0.05, 0) is 17.5 Å². The Morgan fingerprint density at radius 1 is 1.25 bits per heavy atom. The lowest BCUT2D eigenvalue weighted by Crippen LogP contribution is -2.29. The highest BCUT2D eigenvalue weighted by Gasteiger charge is 2.21. The molecule has 0 amide bonds. The zero-order valence-corrected chi connectivity index (χ0v) is 8.66. The van der Waals surface area contributed by atoms with Crippen molar-refractivity contribution in [3.8, 4) is 0 Å². The third kappa shape index (κ3) is 1.55. The van der Waals surface area contributed by atoms with Gasteiger partial charge in [0.2, 0.25) is 0 Å². The monoisotopic (exact) mass is 216 g/mol. The Bertz CT molecular complexity index is 557. The molecule has 0 radical (unpaired) electrons. The van der Waals surface area contributed by atoms with E-state index in [1.54, 1.807) is 0 Å². The maximum absolute atomic E-state index is 11.0. The van der Waals surface area contributed by atoms with Gasteiger partial charge in [0.15, 0.2) is 0 Å². The van der Waals surface area contributed by atoms with E-state index in [4.69, 9.17) is 0 Å². The van der Waals surface area contributed by atoms with Crippen molar-refractivity contribution in [1.82, 2.24) is 20.5 Å². The molecule has 16 heavy (non-hydrogen) atoms. The first kappa shape index (κ1) is 9.35. The standard InChI is InChI=1S/C11H12N4O/c16-11-13-10(14-15-11)9-5-7-3-1-2-4-8(7)6-12-9/h1-4,9,12H,5-6H2,(H2,13,14,15,16)/t9-/m0/s1. The summed E-state index contributed by atoms with van der Waals surface area (Å²) in [4.78, 5) is 13.7. The quantitative estimate of drug-likeness (QED) is 0.649. The van der Waals surface area contributed by atoms with Crippen LogP contribution in [0.5, 0.6) is 0 Å². The van der Waals surface area contributed by atoms with E-state index in [9.17, 15) is 4.79 Å². The summed E-state index contributed by atoms with van der Waals surface area (Å²) < 4.78 is 0. The van der Waals surface area contributed by atoms with Gasteiger partial charge >= 0.3 is 5.69 Å². The van der Waals surface area contributed by atoms with Crippen LogP contribution in [0.2, 0.25) is 0 Å². The van der Waals surface area contributed by atoms with Gasteiger partial charge in [-0.3, -0.25) is 4.98 Å². The van der Waals surface area contributed by atoms with Crippen molar-refractivity contribution < 1.29 is 0 Å². The van der Waals surface area contributed by atoms with Gasteiger partial charge in [-0.1, -0.05) is 24.3 Å². The van der Waals surface area contributed by atoms with E-state index in [2.05, 4.69) is 32.6 Å². The minimum Gasteiger partial charge on any atom is -0.303 e. The summed E-state index contributed by atoms with van der Waals surface area (Å²) in [6, 6.07) is 8.40. The lowest BCUT2D eigenvalue weighted by atomic mass is 9.96. The molecular weight excluding hydrogens is 204 g/mol. The average molecular weight is 216 g/mol. The van der Waals surface area contributed by atoms with Gasteiger partial charge < -0.3 is 5.32 Å². The fourth-order valence-corrected chi connectivity index (χ4v) is 2.10. The maximum atomic E-state index is 11.0. The molecule has 3 rings (SSSR count). The number of fused-ring (bicyclic) bond motifs is 1. The van der Waals surface area contributed by atoms with Gasteiger partial charge in [0.05, 0.1) is 6.04 Å². The smallest absolute Gasteiger partial charge is 0.303 e. The molecule has 0 spiro atoms. The molecular formula is C11H12N4O. The van der Waals surface area contributed by atoms with Crippen LogP contribution in [0, 0.1) is 0 Å². The van der Waals surface area contributed by atoms with E-state index in [1.165, 1.54) is 11.1 Å².